The topological polar surface area (TPSA) is 134 Å². The summed E-state index contributed by atoms with van der Waals surface area (Å²) >= 11 is 0. The van der Waals surface area contributed by atoms with Gasteiger partial charge in [0.15, 0.2) is 6.10 Å². The van der Waals surface area contributed by atoms with Crippen LogP contribution in [-0.4, -0.2) is 49.3 Å². The molecule has 0 bridgehead atoms. The molecule has 540 valence electrons. The number of rotatable bonds is 75. The van der Waals surface area contributed by atoms with Crippen LogP contribution in [0.4, 0.5) is 0 Å². The van der Waals surface area contributed by atoms with Crippen molar-refractivity contribution in [2.45, 2.75) is 392 Å². The van der Waals surface area contributed by atoms with Crippen molar-refractivity contribution in [2.75, 3.05) is 26.4 Å². The van der Waals surface area contributed by atoms with Crippen LogP contribution in [0, 0.1) is 0 Å². The van der Waals surface area contributed by atoms with Crippen molar-refractivity contribution in [3.8, 4) is 0 Å². The highest BCUT2D eigenvalue weighted by molar-refractivity contribution is 7.47. The molecule has 93 heavy (non-hydrogen) atoms. The Balaban J connectivity index is 3.78. The summed E-state index contributed by atoms with van der Waals surface area (Å²) in [6, 6.07) is 0. The minimum Gasteiger partial charge on any atom is -0.462 e. The van der Waals surface area contributed by atoms with Gasteiger partial charge in [0.25, 0.3) is 0 Å². The maximum Gasteiger partial charge on any atom is 0.472 e. The van der Waals surface area contributed by atoms with Crippen LogP contribution >= 0.6 is 7.82 Å². The van der Waals surface area contributed by atoms with E-state index in [1.165, 1.54) is 276 Å². The number of carbonyl (C=O) groups excluding carboxylic acids is 2. The minimum absolute atomic E-state index is 0.0537. The predicted molar refractivity (Wildman–Crippen MR) is 404 cm³/mol. The molecule has 0 heterocycles. The van der Waals surface area contributed by atoms with Crippen molar-refractivity contribution in [3.05, 3.63) is 97.2 Å². The second-order valence-corrected chi connectivity index (χ2v) is 28.0. The fraction of sp³-hybridized carbons (Fsp3) is 0.783. The summed E-state index contributed by atoms with van der Waals surface area (Å²) in [5.74, 6) is -0.808. The molecule has 0 spiro atoms. The lowest BCUT2D eigenvalue weighted by Gasteiger charge is -2.19. The molecule has 10 heteroatoms. The number of ether oxygens (including phenoxy) is 2. The second-order valence-electron chi connectivity index (χ2n) is 26.6. The van der Waals surface area contributed by atoms with E-state index in [1.54, 1.807) is 0 Å². The molecule has 9 nitrogen and oxygen atoms in total. The first kappa shape index (κ1) is 89.9. The van der Waals surface area contributed by atoms with Gasteiger partial charge in [-0.25, -0.2) is 4.57 Å². The maximum absolute atomic E-state index is 12.8. The molecule has 0 fully saturated rings. The molecule has 0 aromatic carbocycles. The molecule has 0 rings (SSSR count). The Labute approximate surface area is 576 Å². The monoisotopic (exact) mass is 1320 g/mol. The van der Waals surface area contributed by atoms with Gasteiger partial charge >= 0.3 is 19.8 Å². The van der Waals surface area contributed by atoms with Gasteiger partial charge in [0.1, 0.15) is 6.61 Å². The zero-order valence-corrected chi connectivity index (χ0v) is 61.9. The van der Waals surface area contributed by atoms with Crippen molar-refractivity contribution in [1.82, 2.24) is 0 Å². The van der Waals surface area contributed by atoms with Crippen LogP contribution in [0.5, 0.6) is 0 Å². The van der Waals surface area contributed by atoms with Gasteiger partial charge in [0.2, 0.25) is 0 Å². The van der Waals surface area contributed by atoms with Gasteiger partial charge in [0, 0.05) is 19.4 Å². The Kier molecular flexibility index (Phi) is 75.4. The van der Waals surface area contributed by atoms with Crippen LogP contribution in [0.3, 0.4) is 0 Å². The molecule has 0 aromatic heterocycles. The normalized spacial score (nSPS) is 13.4. The molecule has 0 aromatic rings. The zero-order chi connectivity index (χ0) is 67.2. The van der Waals surface area contributed by atoms with Crippen molar-refractivity contribution < 1.29 is 37.6 Å². The van der Waals surface area contributed by atoms with E-state index >= 15 is 0 Å². The van der Waals surface area contributed by atoms with Gasteiger partial charge in [-0.15, -0.1) is 0 Å². The minimum atomic E-state index is -4.40. The van der Waals surface area contributed by atoms with Crippen LogP contribution in [0.2, 0.25) is 0 Å². The molecule has 2 atom stereocenters. The first-order valence-corrected chi connectivity index (χ1v) is 41.2. The standard InChI is InChI=1S/C83H150NO8P/c1-3-5-7-9-11-13-15-17-19-21-23-25-27-29-31-33-35-36-37-38-39-40-41-42-43-44-46-48-50-52-54-56-58-60-62-64-66-68-70-72-74-76-83(86)92-81(80-91-93(87,88)90-78-77-84)79-89-82(85)75-73-71-69-67-65-63-61-59-57-55-53-51-49-47-45-34-32-30-28-26-24-22-20-18-16-14-12-10-8-6-4-2/h5,7,11,13,16-19,22-25,29,31,35-36,81H,3-4,6,8-10,12,14-15,20-21,26-28,30,32-34,37-80,84H2,1-2H3,(H,87,88)/b7-5-,13-11-,18-16-,19-17-,24-22-,25-23-,31-29-,36-35-. The number of phosphoric acid groups is 1. The number of hydrogen-bond acceptors (Lipinski definition) is 8. The third kappa shape index (κ3) is 77.8. The lowest BCUT2D eigenvalue weighted by Crippen LogP contribution is -2.29. The number of phosphoric ester groups is 1. The Morgan fingerprint density at radius 3 is 0.882 bits per heavy atom. The van der Waals surface area contributed by atoms with Crippen molar-refractivity contribution >= 4 is 19.8 Å². The molecule has 0 saturated carbocycles. The van der Waals surface area contributed by atoms with Gasteiger partial charge in [-0.05, 0) is 96.3 Å². The smallest absolute Gasteiger partial charge is 0.462 e. The average molecular weight is 1320 g/mol. The van der Waals surface area contributed by atoms with Gasteiger partial charge in [-0.3, -0.25) is 18.6 Å². The molecule has 0 amide bonds. The lowest BCUT2D eigenvalue weighted by atomic mass is 10.0. The molecular formula is C83H150NO8P. The van der Waals surface area contributed by atoms with E-state index in [4.69, 9.17) is 24.3 Å². The van der Waals surface area contributed by atoms with E-state index in [9.17, 15) is 19.0 Å². The first-order chi connectivity index (χ1) is 45.8. The number of carbonyl (C=O) groups is 2. The van der Waals surface area contributed by atoms with Crippen LogP contribution < -0.4 is 5.73 Å². The van der Waals surface area contributed by atoms with Gasteiger partial charge in [-0.1, -0.05) is 374 Å². The van der Waals surface area contributed by atoms with E-state index in [0.29, 0.717) is 6.42 Å². The van der Waals surface area contributed by atoms with E-state index in [2.05, 4.69) is 111 Å². The van der Waals surface area contributed by atoms with Crippen molar-refractivity contribution in [3.63, 3.8) is 0 Å². The van der Waals surface area contributed by atoms with E-state index in [0.717, 1.165) is 77.0 Å². The largest absolute Gasteiger partial charge is 0.472 e. The fourth-order valence-electron chi connectivity index (χ4n) is 11.6. The zero-order valence-electron chi connectivity index (χ0n) is 61.0. The van der Waals surface area contributed by atoms with Crippen LogP contribution in [-0.2, 0) is 32.7 Å². The Morgan fingerprint density at radius 2 is 0.591 bits per heavy atom. The van der Waals surface area contributed by atoms with Crippen molar-refractivity contribution in [2.24, 2.45) is 5.73 Å². The number of unbranched alkanes of at least 4 members (excludes halogenated alkanes) is 46. The summed E-state index contributed by atoms with van der Waals surface area (Å²) < 4.78 is 33.3. The lowest BCUT2D eigenvalue weighted by molar-refractivity contribution is -0.161. The predicted octanol–water partition coefficient (Wildman–Crippen LogP) is 26.6. The quantitative estimate of drug-likeness (QED) is 0.0264. The molecular weight excluding hydrogens is 1170 g/mol. The first-order valence-electron chi connectivity index (χ1n) is 39.7. The molecule has 3 N–H and O–H groups in total. The summed E-state index contributed by atoms with van der Waals surface area (Å²) in [5, 5.41) is 0. The molecule has 0 aliphatic heterocycles. The maximum atomic E-state index is 12.8. The van der Waals surface area contributed by atoms with Crippen LogP contribution in [0.1, 0.15) is 386 Å². The average Bonchev–Trinajstić information content (AvgIpc) is 3.49. The SMILES string of the molecule is CC/C=C\C/C=C\C/C=C\C/C=C\C/C=C\C/C=C\CCCCCCCCCCCCCCCCCCCCCCCCC(=O)OC(COC(=O)CCCCCCCCCCCCCCCCCCCCC/C=C\C/C=C\CCCCCCC)COP(=O)(O)OCCN. The Morgan fingerprint density at radius 1 is 0.333 bits per heavy atom. The summed E-state index contributed by atoms with van der Waals surface area (Å²) in [7, 11) is -4.40. The Hall–Kier alpha value is -3.07. The molecule has 0 aliphatic rings. The van der Waals surface area contributed by atoms with Crippen molar-refractivity contribution in [1.29, 1.82) is 0 Å². The van der Waals surface area contributed by atoms with Gasteiger partial charge in [-0.2, -0.15) is 0 Å². The highest BCUT2D eigenvalue weighted by Crippen LogP contribution is 2.43. The number of nitrogens with two attached hydrogens (primary N) is 1. The third-order valence-electron chi connectivity index (χ3n) is 17.5. The third-order valence-corrected chi connectivity index (χ3v) is 18.4. The summed E-state index contributed by atoms with van der Waals surface area (Å²) in [6.45, 7) is 3.68. The molecule has 2 unspecified atom stereocenters. The van der Waals surface area contributed by atoms with E-state index in [1.807, 2.05) is 0 Å². The fourth-order valence-corrected chi connectivity index (χ4v) is 12.4. The second kappa shape index (κ2) is 77.9. The Bertz CT molecular complexity index is 1850. The summed E-state index contributed by atoms with van der Waals surface area (Å²) in [4.78, 5) is 35.5. The molecule has 0 aliphatic carbocycles. The summed E-state index contributed by atoms with van der Waals surface area (Å²) in [6.07, 6.45) is 107. The highest BCUT2D eigenvalue weighted by atomic mass is 31.2. The molecule has 0 saturated heterocycles. The number of hydrogen-bond donors (Lipinski definition) is 2. The number of esters is 2. The van der Waals surface area contributed by atoms with Gasteiger partial charge < -0.3 is 20.1 Å². The van der Waals surface area contributed by atoms with E-state index < -0.39 is 26.5 Å². The molecule has 0 radical (unpaired) electrons. The van der Waals surface area contributed by atoms with Gasteiger partial charge in [0.05, 0.1) is 13.2 Å². The van der Waals surface area contributed by atoms with Crippen LogP contribution in [0.15, 0.2) is 97.2 Å². The summed E-state index contributed by atoms with van der Waals surface area (Å²) in [5.41, 5.74) is 5.42. The van der Waals surface area contributed by atoms with E-state index in [-0.39, 0.29) is 38.6 Å². The van der Waals surface area contributed by atoms with Crippen LogP contribution in [0.25, 0.3) is 0 Å². The highest BCUT2D eigenvalue weighted by Gasteiger charge is 2.26. The number of allylic oxidation sites excluding steroid dienone is 16.